The van der Waals surface area contributed by atoms with Crippen molar-refractivity contribution in [2.75, 3.05) is 23.7 Å². The van der Waals surface area contributed by atoms with Gasteiger partial charge in [0.1, 0.15) is 11.9 Å². The molecular formula is C23H22N6O2. The number of pyridine rings is 1. The largest absolute Gasteiger partial charge is 0.383 e. The molecule has 0 aliphatic heterocycles. The first kappa shape index (κ1) is 20.2. The molecule has 0 saturated carbocycles. The number of rotatable bonds is 7. The number of non-ortho nitro benzene ring substituents is 1. The zero-order valence-electron chi connectivity index (χ0n) is 17.3. The number of nitrogens with zero attached hydrogens (tertiary/aromatic N) is 4. The Morgan fingerprint density at radius 1 is 1.13 bits per heavy atom. The zero-order chi connectivity index (χ0) is 22.0. The summed E-state index contributed by atoms with van der Waals surface area (Å²) in [6, 6.07) is 16.6. The number of anilines is 2. The molecule has 8 heteroatoms. The Hall–Kier alpha value is -4.12. The van der Waals surface area contributed by atoms with Gasteiger partial charge in [-0.3, -0.25) is 14.5 Å². The number of nitriles is 1. The molecule has 0 amide bonds. The number of benzene rings is 2. The van der Waals surface area contributed by atoms with E-state index >= 15 is 0 Å². The standard InChI is InChI=1S/C23H22N6O2/c1-3-18-15(2)19(14-24)23-27-20-6-4-5-7-21(20)28(23)22(18)26-13-12-25-16-8-10-17(11-9-16)29(30)31/h4-11,25-26H,3,12-13H2,1-2H3. The van der Waals surface area contributed by atoms with Gasteiger partial charge in [-0.1, -0.05) is 19.1 Å². The third kappa shape index (κ3) is 3.62. The van der Waals surface area contributed by atoms with Gasteiger partial charge in [-0.25, -0.2) is 4.98 Å². The van der Waals surface area contributed by atoms with Crippen molar-refractivity contribution in [1.82, 2.24) is 9.38 Å². The lowest BCUT2D eigenvalue weighted by atomic mass is 10.0. The van der Waals surface area contributed by atoms with Gasteiger partial charge in [0.05, 0.1) is 21.5 Å². The lowest BCUT2D eigenvalue weighted by Gasteiger charge is -2.18. The summed E-state index contributed by atoms with van der Waals surface area (Å²) in [6.07, 6.45) is 0.779. The second-order valence-electron chi connectivity index (χ2n) is 7.21. The number of aromatic nitrogens is 2. The monoisotopic (exact) mass is 414 g/mol. The van der Waals surface area contributed by atoms with E-state index in [0.29, 0.717) is 24.3 Å². The van der Waals surface area contributed by atoms with Crippen LogP contribution < -0.4 is 10.6 Å². The highest BCUT2D eigenvalue weighted by molar-refractivity contribution is 5.86. The van der Waals surface area contributed by atoms with Gasteiger partial charge in [0, 0.05) is 30.9 Å². The molecule has 156 valence electrons. The molecule has 0 unspecified atom stereocenters. The number of hydrogen-bond donors (Lipinski definition) is 2. The van der Waals surface area contributed by atoms with Crippen molar-refractivity contribution in [3.8, 4) is 6.07 Å². The Balaban J connectivity index is 1.63. The summed E-state index contributed by atoms with van der Waals surface area (Å²) in [7, 11) is 0. The molecule has 2 aromatic heterocycles. The zero-order valence-corrected chi connectivity index (χ0v) is 17.3. The number of para-hydroxylation sites is 2. The van der Waals surface area contributed by atoms with Crippen molar-refractivity contribution >= 4 is 33.9 Å². The summed E-state index contributed by atoms with van der Waals surface area (Å²) in [5.74, 6) is 0.938. The van der Waals surface area contributed by atoms with Crippen molar-refractivity contribution in [1.29, 1.82) is 5.26 Å². The molecule has 0 aliphatic carbocycles. The minimum absolute atomic E-state index is 0.0682. The predicted molar refractivity (Wildman–Crippen MR) is 122 cm³/mol. The summed E-state index contributed by atoms with van der Waals surface area (Å²) >= 11 is 0. The Morgan fingerprint density at radius 2 is 1.84 bits per heavy atom. The van der Waals surface area contributed by atoms with E-state index in [0.717, 1.165) is 40.1 Å². The maximum atomic E-state index is 10.8. The van der Waals surface area contributed by atoms with Gasteiger partial charge in [0.15, 0.2) is 5.65 Å². The fourth-order valence-electron chi connectivity index (χ4n) is 3.89. The van der Waals surface area contributed by atoms with E-state index in [1.807, 2.05) is 35.6 Å². The number of hydrogen-bond acceptors (Lipinski definition) is 6. The number of fused-ring (bicyclic) bond motifs is 3. The Labute approximate surface area is 179 Å². The van der Waals surface area contributed by atoms with Crippen molar-refractivity contribution in [2.24, 2.45) is 0 Å². The Bertz CT molecular complexity index is 1320. The molecule has 2 N–H and O–H groups in total. The number of nitro benzene ring substituents is 1. The summed E-state index contributed by atoms with van der Waals surface area (Å²) in [5.41, 5.74) is 5.97. The average Bonchev–Trinajstić information content (AvgIpc) is 3.16. The number of nitro groups is 1. The first-order valence-electron chi connectivity index (χ1n) is 10.1. The molecule has 8 nitrogen and oxygen atoms in total. The smallest absolute Gasteiger partial charge is 0.269 e. The van der Waals surface area contributed by atoms with Crippen LogP contribution in [-0.4, -0.2) is 27.4 Å². The molecule has 0 saturated heterocycles. The molecule has 0 atom stereocenters. The van der Waals surface area contributed by atoms with E-state index in [1.165, 1.54) is 12.1 Å². The van der Waals surface area contributed by atoms with Gasteiger partial charge in [-0.2, -0.15) is 5.26 Å². The van der Waals surface area contributed by atoms with Crippen molar-refractivity contribution in [3.05, 3.63) is 75.3 Å². The first-order chi connectivity index (χ1) is 15.0. The minimum Gasteiger partial charge on any atom is -0.383 e. The third-order valence-corrected chi connectivity index (χ3v) is 5.41. The van der Waals surface area contributed by atoms with E-state index in [9.17, 15) is 15.4 Å². The fourth-order valence-corrected chi connectivity index (χ4v) is 3.89. The second kappa shape index (κ2) is 8.32. The van der Waals surface area contributed by atoms with Gasteiger partial charge in [-0.15, -0.1) is 0 Å². The van der Waals surface area contributed by atoms with Crippen LogP contribution in [0.25, 0.3) is 16.7 Å². The van der Waals surface area contributed by atoms with Crippen LogP contribution in [0.1, 0.15) is 23.6 Å². The van der Waals surface area contributed by atoms with E-state index < -0.39 is 4.92 Å². The Morgan fingerprint density at radius 3 is 2.52 bits per heavy atom. The molecule has 0 radical (unpaired) electrons. The molecule has 2 aromatic carbocycles. The quantitative estimate of drug-likeness (QED) is 0.259. The van der Waals surface area contributed by atoms with Crippen LogP contribution >= 0.6 is 0 Å². The normalized spacial score (nSPS) is 10.9. The third-order valence-electron chi connectivity index (χ3n) is 5.41. The van der Waals surface area contributed by atoms with Crippen LogP contribution in [-0.2, 0) is 6.42 Å². The van der Waals surface area contributed by atoms with Crippen molar-refractivity contribution in [3.63, 3.8) is 0 Å². The van der Waals surface area contributed by atoms with E-state index in [-0.39, 0.29) is 5.69 Å². The SMILES string of the molecule is CCc1c(C)c(C#N)c2nc3ccccc3n2c1NCCNc1ccc([N+](=O)[O-])cc1. The van der Waals surface area contributed by atoms with Gasteiger partial charge in [0.2, 0.25) is 0 Å². The first-order valence-corrected chi connectivity index (χ1v) is 10.1. The minimum atomic E-state index is -0.411. The summed E-state index contributed by atoms with van der Waals surface area (Å²) in [5, 5.41) is 27.4. The Kier molecular flexibility index (Phi) is 5.41. The lowest BCUT2D eigenvalue weighted by molar-refractivity contribution is -0.384. The van der Waals surface area contributed by atoms with Gasteiger partial charge in [-0.05, 0) is 48.7 Å². The molecule has 31 heavy (non-hydrogen) atoms. The van der Waals surface area contributed by atoms with Gasteiger partial charge >= 0.3 is 0 Å². The van der Waals surface area contributed by atoms with Crippen LogP contribution in [0, 0.1) is 28.4 Å². The van der Waals surface area contributed by atoms with Crippen LogP contribution in [0.3, 0.4) is 0 Å². The molecule has 4 aromatic rings. The predicted octanol–water partition coefficient (Wildman–Crippen LogP) is 4.66. The van der Waals surface area contributed by atoms with Crippen molar-refractivity contribution in [2.45, 2.75) is 20.3 Å². The molecule has 4 rings (SSSR count). The second-order valence-corrected chi connectivity index (χ2v) is 7.21. The van der Waals surface area contributed by atoms with Gasteiger partial charge < -0.3 is 10.6 Å². The average molecular weight is 414 g/mol. The molecule has 0 fully saturated rings. The maximum Gasteiger partial charge on any atom is 0.269 e. The van der Waals surface area contributed by atoms with Crippen LogP contribution in [0.2, 0.25) is 0 Å². The van der Waals surface area contributed by atoms with Crippen LogP contribution in [0.15, 0.2) is 48.5 Å². The van der Waals surface area contributed by atoms with E-state index in [1.54, 1.807) is 12.1 Å². The maximum absolute atomic E-state index is 10.8. The highest BCUT2D eigenvalue weighted by Crippen LogP contribution is 2.31. The van der Waals surface area contributed by atoms with E-state index in [2.05, 4.69) is 23.6 Å². The van der Waals surface area contributed by atoms with Crippen LogP contribution in [0.4, 0.5) is 17.2 Å². The molecule has 0 aliphatic rings. The highest BCUT2D eigenvalue weighted by Gasteiger charge is 2.19. The van der Waals surface area contributed by atoms with Crippen molar-refractivity contribution < 1.29 is 4.92 Å². The fraction of sp³-hybridized carbons (Fsp3) is 0.217. The summed E-state index contributed by atoms with van der Waals surface area (Å²) in [4.78, 5) is 15.1. The number of imidazole rings is 1. The molecule has 0 spiro atoms. The topological polar surface area (TPSA) is 108 Å². The highest BCUT2D eigenvalue weighted by atomic mass is 16.6. The van der Waals surface area contributed by atoms with Gasteiger partial charge in [0.25, 0.3) is 5.69 Å². The molecule has 2 heterocycles. The number of nitrogens with one attached hydrogen (secondary N) is 2. The lowest BCUT2D eigenvalue weighted by Crippen LogP contribution is -2.17. The summed E-state index contributed by atoms with van der Waals surface area (Å²) < 4.78 is 2.03. The molecule has 0 bridgehead atoms. The summed E-state index contributed by atoms with van der Waals surface area (Å²) in [6.45, 7) is 5.29. The van der Waals surface area contributed by atoms with Crippen LogP contribution in [0.5, 0.6) is 0 Å². The van der Waals surface area contributed by atoms with E-state index in [4.69, 9.17) is 4.98 Å². The molecular weight excluding hydrogens is 392 g/mol.